The van der Waals surface area contributed by atoms with E-state index in [1.807, 2.05) is 16.5 Å². The molecule has 126 valence electrons. The summed E-state index contributed by atoms with van der Waals surface area (Å²) in [4.78, 5) is 23.1. The van der Waals surface area contributed by atoms with Gasteiger partial charge >= 0.3 is 0 Å². The van der Waals surface area contributed by atoms with Crippen LogP contribution in [0, 0.1) is 5.92 Å². The Kier molecular flexibility index (Phi) is 3.75. The number of carbonyl (C=O) groups excluding carboxylic acids is 1. The highest BCUT2D eigenvalue weighted by molar-refractivity contribution is 5.98. The van der Waals surface area contributed by atoms with Crippen LogP contribution in [0.5, 0.6) is 0 Å². The van der Waals surface area contributed by atoms with Crippen LogP contribution >= 0.6 is 0 Å². The van der Waals surface area contributed by atoms with Crippen molar-refractivity contribution in [2.75, 3.05) is 18.8 Å². The predicted octanol–water partition coefficient (Wildman–Crippen LogP) is 2.36. The predicted molar refractivity (Wildman–Crippen MR) is 94.1 cm³/mol. The fourth-order valence-corrected chi connectivity index (χ4v) is 3.98. The monoisotopic (exact) mass is 325 g/mol. The van der Waals surface area contributed by atoms with Crippen molar-refractivity contribution in [3.8, 4) is 0 Å². The van der Waals surface area contributed by atoms with Gasteiger partial charge < -0.3 is 15.2 Å². The Morgan fingerprint density at radius 3 is 2.79 bits per heavy atom. The molecule has 4 rings (SSSR count). The van der Waals surface area contributed by atoms with Gasteiger partial charge in [0.1, 0.15) is 17.8 Å². The summed E-state index contributed by atoms with van der Waals surface area (Å²) in [7, 11) is 1.97. The number of rotatable bonds is 2. The van der Waals surface area contributed by atoms with E-state index in [4.69, 9.17) is 5.73 Å². The SMILES string of the molecule is Cn1cc(C2=CC[C@@H](C(=O)N3CCCC3)CC2)c2c(N)ncnc21. The molecule has 2 aromatic rings. The number of carbonyl (C=O) groups is 1. The molecule has 0 radical (unpaired) electrons. The molecule has 6 heteroatoms. The summed E-state index contributed by atoms with van der Waals surface area (Å²) in [5, 5.41) is 0.926. The van der Waals surface area contributed by atoms with Gasteiger partial charge in [0.2, 0.25) is 5.91 Å². The van der Waals surface area contributed by atoms with Crippen LogP contribution in [0.1, 0.15) is 37.7 Å². The molecule has 0 bridgehead atoms. The zero-order valence-corrected chi connectivity index (χ0v) is 14.0. The van der Waals surface area contributed by atoms with Gasteiger partial charge in [0.25, 0.3) is 0 Å². The lowest BCUT2D eigenvalue weighted by molar-refractivity contribution is -0.134. The second kappa shape index (κ2) is 5.92. The van der Waals surface area contributed by atoms with Crippen molar-refractivity contribution >= 4 is 28.3 Å². The van der Waals surface area contributed by atoms with Gasteiger partial charge in [-0.15, -0.1) is 0 Å². The van der Waals surface area contributed by atoms with Gasteiger partial charge in [0, 0.05) is 37.8 Å². The lowest BCUT2D eigenvalue weighted by Gasteiger charge is -2.25. The second-order valence-corrected chi connectivity index (χ2v) is 6.84. The molecule has 1 aliphatic carbocycles. The van der Waals surface area contributed by atoms with E-state index >= 15 is 0 Å². The Bertz CT molecular complexity index is 816. The van der Waals surface area contributed by atoms with Gasteiger partial charge in [-0.05, 0) is 37.7 Å². The molecule has 1 aliphatic heterocycles. The maximum absolute atomic E-state index is 12.6. The third-order valence-corrected chi connectivity index (χ3v) is 5.31. The van der Waals surface area contributed by atoms with Crippen LogP contribution in [0.25, 0.3) is 16.6 Å². The van der Waals surface area contributed by atoms with Crippen LogP contribution in [0.2, 0.25) is 0 Å². The van der Waals surface area contributed by atoms with Gasteiger partial charge in [0.05, 0.1) is 5.39 Å². The smallest absolute Gasteiger partial charge is 0.226 e. The number of likely N-dealkylation sites (tertiary alicyclic amines) is 1. The minimum absolute atomic E-state index is 0.135. The molecular formula is C18H23N5O. The van der Waals surface area contributed by atoms with Gasteiger partial charge in [-0.3, -0.25) is 4.79 Å². The zero-order valence-electron chi connectivity index (χ0n) is 14.0. The van der Waals surface area contributed by atoms with Gasteiger partial charge in [-0.1, -0.05) is 6.08 Å². The molecule has 2 aliphatic rings. The molecule has 1 atom stereocenters. The van der Waals surface area contributed by atoms with E-state index in [1.165, 1.54) is 11.9 Å². The second-order valence-electron chi connectivity index (χ2n) is 6.84. The minimum atomic E-state index is 0.135. The molecule has 0 saturated carbocycles. The van der Waals surface area contributed by atoms with Gasteiger partial charge in [0.15, 0.2) is 0 Å². The van der Waals surface area contributed by atoms with Crippen LogP contribution < -0.4 is 5.73 Å². The van der Waals surface area contributed by atoms with Crippen LogP contribution in [-0.2, 0) is 11.8 Å². The average Bonchev–Trinajstić information content (AvgIpc) is 3.24. The molecule has 24 heavy (non-hydrogen) atoms. The fraction of sp³-hybridized carbons (Fsp3) is 0.500. The number of amides is 1. The number of aromatic nitrogens is 3. The number of fused-ring (bicyclic) bond motifs is 1. The Hall–Kier alpha value is -2.37. The number of allylic oxidation sites excluding steroid dienone is 2. The van der Waals surface area contributed by atoms with Crippen LogP contribution in [-0.4, -0.2) is 38.4 Å². The van der Waals surface area contributed by atoms with Crippen molar-refractivity contribution in [1.29, 1.82) is 0 Å². The molecular weight excluding hydrogens is 302 g/mol. The Morgan fingerprint density at radius 2 is 2.08 bits per heavy atom. The van der Waals surface area contributed by atoms with Crippen molar-refractivity contribution in [3.05, 3.63) is 24.2 Å². The van der Waals surface area contributed by atoms with Gasteiger partial charge in [-0.25, -0.2) is 9.97 Å². The van der Waals surface area contributed by atoms with Crippen molar-refractivity contribution in [2.45, 2.75) is 32.1 Å². The number of aryl methyl sites for hydroxylation is 1. The highest BCUT2D eigenvalue weighted by Gasteiger charge is 2.28. The summed E-state index contributed by atoms with van der Waals surface area (Å²) in [6.07, 6.45) is 10.7. The highest BCUT2D eigenvalue weighted by atomic mass is 16.2. The first-order valence-corrected chi connectivity index (χ1v) is 8.69. The fourth-order valence-electron chi connectivity index (χ4n) is 3.98. The number of hydrogen-bond donors (Lipinski definition) is 1. The van der Waals surface area contributed by atoms with E-state index in [9.17, 15) is 4.79 Å². The van der Waals surface area contributed by atoms with E-state index in [2.05, 4.69) is 22.2 Å². The summed E-state index contributed by atoms with van der Waals surface area (Å²) in [6, 6.07) is 0. The zero-order chi connectivity index (χ0) is 16.7. The molecule has 6 nitrogen and oxygen atoms in total. The Labute approximate surface area is 141 Å². The molecule has 2 aromatic heterocycles. The Morgan fingerprint density at radius 1 is 1.29 bits per heavy atom. The molecule has 1 fully saturated rings. The number of hydrogen-bond acceptors (Lipinski definition) is 4. The summed E-state index contributed by atoms with van der Waals surface area (Å²) in [5.74, 6) is 0.991. The highest BCUT2D eigenvalue weighted by Crippen LogP contribution is 2.36. The molecule has 2 N–H and O–H groups in total. The first-order chi connectivity index (χ1) is 11.6. The van der Waals surface area contributed by atoms with Crippen molar-refractivity contribution in [3.63, 3.8) is 0 Å². The first-order valence-electron chi connectivity index (χ1n) is 8.69. The van der Waals surface area contributed by atoms with Crippen LogP contribution in [0.15, 0.2) is 18.6 Å². The average molecular weight is 325 g/mol. The lowest BCUT2D eigenvalue weighted by atomic mass is 9.86. The largest absolute Gasteiger partial charge is 0.383 e. The van der Waals surface area contributed by atoms with Gasteiger partial charge in [-0.2, -0.15) is 0 Å². The number of nitrogens with zero attached hydrogens (tertiary/aromatic N) is 4. The molecule has 0 unspecified atom stereocenters. The molecule has 3 heterocycles. The molecule has 1 saturated heterocycles. The quantitative estimate of drug-likeness (QED) is 0.919. The lowest BCUT2D eigenvalue weighted by Crippen LogP contribution is -2.34. The van der Waals surface area contributed by atoms with E-state index in [-0.39, 0.29) is 5.92 Å². The molecule has 0 spiro atoms. The first kappa shape index (κ1) is 15.2. The Balaban J connectivity index is 1.60. The van der Waals surface area contributed by atoms with E-state index < -0.39 is 0 Å². The molecule has 0 aromatic carbocycles. The normalized spacial score (nSPS) is 21.3. The van der Waals surface area contributed by atoms with Crippen LogP contribution in [0.3, 0.4) is 0 Å². The third kappa shape index (κ3) is 2.46. The van der Waals surface area contributed by atoms with Crippen molar-refractivity contribution in [1.82, 2.24) is 19.4 Å². The van der Waals surface area contributed by atoms with E-state index in [0.717, 1.165) is 61.8 Å². The number of nitrogens with two attached hydrogens (primary N) is 1. The standard InChI is InChI=1S/C18H23N5O/c1-22-10-14(15-16(19)20-11-21-17(15)22)12-4-6-13(7-5-12)18(24)23-8-2-3-9-23/h4,10-11,13H,2-3,5-9H2,1H3,(H2,19,20,21)/t13-/m1/s1. The van der Waals surface area contributed by atoms with Crippen molar-refractivity contribution in [2.24, 2.45) is 13.0 Å². The summed E-state index contributed by atoms with van der Waals surface area (Å²) >= 11 is 0. The topological polar surface area (TPSA) is 77.0 Å². The minimum Gasteiger partial charge on any atom is -0.383 e. The maximum Gasteiger partial charge on any atom is 0.226 e. The van der Waals surface area contributed by atoms with Crippen molar-refractivity contribution < 1.29 is 4.79 Å². The summed E-state index contributed by atoms with van der Waals surface area (Å²) in [6.45, 7) is 1.87. The number of nitrogen functional groups attached to an aromatic ring is 1. The number of anilines is 1. The third-order valence-electron chi connectivity index (χ3n) is 5.31. The van der Waals surface area contributed by atoms with E-state index in [1.54, 1.807) is 0 Å². The maximum atomic E-state index is 12.6. The molecule has 1 amide bonds. The summed E-state index contributed by atoms with van der Waals surface area (Å²) in [5.41, 5.74) is 9.30. The van der Waals surface area contributed by atoms with E-state index in [0.29, 0.717) is 11.7 Å². The van der Waals surface area contributed by atoms with Crippen LogP contribution in [0.4, 0.5) is 5.82 Å². The summed E-state index contributed by atoms with van der Waals surface area (Å²) < 4.78 is 1.99.